The van der Waals surface area contributed by atoms with Gasteiger partial charge in [0.25, 0.3) is 0 Å². The second-order valence-corrected chi connectivity index (χ2v) is 9.78. The SMILES string of the molecule is CCS(=O)c1ccc(S(=O)(=O)CC)c(-c2nc3cc(C)ncc3n2C)n1. The molecule has 0 aliphatic carbocycles. The number of aromatic nitrogens is 4. The summed E-state index contributed by atoms with van der Waals surface area (Å²) in [5.41, 5.74) is 2.52. The van der Waals surface area contributed by atoms with Gasteiger partial charge in [-0.1, -0.05) is 13.8 Å². The van der Waals surface area contributed by atoms with Crippen molar-refractivity contribution < 1.29 is 12.6 Å². The number of pyridine rings is 2. The first-order valence-corrected chi connectivity index (χ1v) is 11.2. The zero-order chi connectivity index (χ0) is 19.1. The van der Waals surface area contributed by atoms with Crippen LogP contribution in [0.3, 0.4) is 0 Å². The van der Waals surface area contributed by atoms with Gasteiger partial charge in [-0.25, -0.2) is 18.4 Å². The normalized spacial score (nSPS) is 13.2. The molecule has 0 amide bonds. The van der Waals surface area contributed by atoms with Crippen molar-refractivity contribution in [2.24, 2.45) is 7.05 Å². The van der Waals surface area contributed by atoms with Gasteiger partial charge in [0.05, 0.1) is 38.7 Å². The Morgan fingerprint density at radius 2 is 1.92 bits per heavy atom. The van der Waals surface area contributed by atoms with Crippen LogP contribution in [-0.4, -0.2) is 43.7 Å². The van der Waals surface area contributed by atoms with Crippen LogP contribution in [0.2, 0.25) is 0 Å². The molecule has 0 saturated carbocycles. The first kappa shape index (κ1) is 18.7. The number of aryl methyl sites for hydroxylation is 2. The fourth-order valence-corrected chi connectivity index (χ4v) is 4.40. The van der Waals surface area contributed by atoms with Crippen molar-refractivity contribution in [3.05, 3.63) is 30.1 Å². The van der Waals surface area contributed by atoms with E-state index < -0.39 is 20.6 Å². The molecular weight excluding hydrogens is 372 g/mol. The Hall–Kier alpha value is -2.13. The quantitative estimate of drug-likeness (QED) is 0.661. The Morgan fingerprint density at radius 1 is 1.19 bits per heavy atom. The van der Waals surface area contributed by atoms with Crippen molar-refractivity contribution in [1.82, 2.24) is 19.5 Å². The summed E-state index contributed by atoms with van der Waals surface area (Å²) >= 11 is 0. The second-order valence-electron chi connectivity index (χ2n) is 5.84. The van der Waals surface area contributed by atoms with E-state index in [2.05, 4.69) is 15.0 Å². The van der Waals surface area contributed by atoms with E-state index in [1.807, 2.05) is 13.0 Å². The zero-order valence-corrected chi connectivity index (χ0v) is 16.7. The van der Waals surface area contributed by atoms with Gasteiger partial charge in [0.2, 0.25) is 0 Å². The van der Waals surface area contributed by atoms with Crippen LogP contribution in [0.25, 0.3) is 22.6 Å². The summed E-state index contributed by atoms with van der Waals surface area (Å²) in [5.74, 6) is 0.759. The van der Waals surface area contributed by atoms with Gasteiger partial charge in [0, 0.05) is 18.5 Å². The molecule has 0 aromatic carbocycles. The third kappa shape index (κ3) is 3.16. The number of sulfone groups is 1. The molecule has 3 aromatic rings. The topological polar surface area (TPSA) is 94.8 Å². The van der Waals surface area contributed by atoms with Crippen LogP contribution in [0.15, 0.2) is 34.3 Å². The largest absolute Gasteiger partial charge is 0.324 e. The van der Waals surface area contributed by atoms with Gasteiger partial charge in [-0.2, -0.15) is 0 Å². The molecule has 1 unspecified atom stereocenters. The third-order valence-corrected chi connectivity index (χ3v) is 7.14. The maximum Gasteiger partial charge on any atom is 0.180 e. The van der Waals surface area contributed by atoms with Gasteiger partial charge in [0.15, 0.2) is 15.7 Å². The third-order valence-electron chi connectivity index (χ3n) is 4.16. The molecule has 0 bridgehead atoms. The Bertz CT molecular complexity index is 1120. The average Bonchev–Trinajstić information content (AvgIpc) is 2.96. The lowest BCUT2D eigenvalue weighted by Crippen LogP contribution is -2.10. The Kier molecular flexibility index (Phi) is 4.94. The molecule has 7 nitrogen and oxygen atoms in total. The molecular formula is C17H20N4O3S2. The molecule has 26 heavy (non-hydrogen) atoms. The molecule has 3 aromatic heterocycles. The Morgan fingerprint density at radius 3 is 2.58 bits per heavy atom. The van der Waals surface area contributed by atoms with Gasteiger partial charge in [-0.05, 0) is 25.1 Å². The number of hydrogen-bond donors (Lipinski definition) is 0. The Labute approximate surface area is 154 Å². The zero-order valence-electron chi connectivity index (χ0n) is 15.1. The fourth-order valence-electron chi connectivity index (χ4n) is 2.67. The first-order chi connectivity index (χ1) is 12.3. The molecule has 0 fully saturated rings. The van der Waals surface area contributed by atoms with Crippen molar-refractivity contribution in [2.45, 2.75) is 30.7 Å². The number of imidazole rings is 1. The van der Waals surface area contributed by atoms with Crippen molar-refractivity contribution in [3.63, 3.8) is 0 Å². The van der Waals surface area contributed by atoms with Crippen LogP contribution in [0.4, 0.5) is 0 Å². The summed E-state index contributed by atoms with van der Waals surface area (Å²) in [6.07, 6.45) is 1.70. The van der Waals surface area contributed by atoms with E-state index in [-0.39, 0.29) is 16.3 Å². The number of hydrogen-bond acceptors (Lipinski definition) is 6. The van der Waals surface area contributed by atoms with Gasteiger partial charge >= 0.3 is 0 Å². The van der Waals surface area contributed by atoms with Gasteiger partial charge in [0.1, 0.15) is 10.7 Å². The monoisotopic (exact) mass is 392 g/mol. The smallest absolute Gasteiger partial charge is 0.180 e. The van der Waals surface area contributed by atoms with E-state index in [0.717, 1.165) is 11.2 Å². The lowest BCUT2D eigenvalue weighted by atomic mass is 10.3. The van der Waals surface area contributed by atoms with Crippen molar-refractivity contribution in [3.8, 4) is 11.5 Å². The minimum Gasteiger partial charge on any atom is -0.324 e. The second kappa shape index (κ2) is 6.88. The van der Waals surface area contributed by atoms with E-state index in [9.17, 15) is 12.6 Å². The molecule has 0 radical (unpaired) electrons. The highest BCUT2D eigenvalue weighted by atomic mass is 32.2. The predicted octanol–water partition coefficient (Wildman–Crippen LogP) is 2.26. The summed E-state index contributed by atoms with van der Waals surface area (Å²) in [7, 11) is -3.03. The van der Waals surface area contributed by atoms with Crippen LogP contribution in [0.5, 0.6) is 0 Å². The first-order valence-electron chi connectivity index (χ1n) is 8.20. The summed E-state index contributed by atoms with van der Waals surface area (Å²) in [4.78, 5) is 13.4. The van der Waals surface area contributed by atoms with Crippen LogP contribution in [0.1, 0.15) is 19.5 Å². The molecule has 0 aliphatic heterocycles. The van der Waals surface area contributed by atoms with E-state index in [4.69, 9.17) is 0 Å². The van der Waals surface area contributed by atoms with Crippen molar-refractivity contribution in [2.75, 3.05) is 11.5 Å². The summed E-state index contributed by atoms with van der Waals surface area (Å²) in [5, 5.41) is 0.346. The Balaban J connectivity index is 2.35. The molecule has 0 spiro atoms. The van der Waals surface area contributed by atoms with Crippen molar-refractivity contribution >= 4 is 31.7 Å². The maximum absolute atomic E-state index is 12.6. The fraction of sp³-hybridized carbons (Fsp3) is 0.353. The lowest BCUT2D eigenvalue weighted by Gasteiger charge is -2.10. The van der Waals surface area contributed by atoms with Gasteiger partial charge in [-0.15, -0.1) is 0 Å². The number of nitrogens with zero attached hydrogens (tertiary/aromatic N) is 4. The minimum atomic E-state index is -3.52. The molecule has 3 heterocycles. The van der Waals surface area contributed by atoms with Gasteiger partial charge < -0.3 is 4.57 Å². The number of rotatable bonds is 5. The van der Waals surface area contributed by atoms with Crippen LogP contribution >= 0.6 is 0 Å². The van der Waals surface area contributed by atoms with E-state index in [1.165, 1.54) is 12.1 Å². The molecule has 9 heteroatoms. The summed E-state index contributed by atoms with van der Waals surface area (Å²) < 4.78 is 39.1. The number of fused-ring (bicyclic) bond motifs is 1. The molecule has 138 valence electrons. The minimum absolute atomic E-state index is 0.0531. The lowest BCUT2D eigenvalue weighted by molar-refractivity contribution is 0.596. The van der Waals surface area contributed by atoms with Crippen LogP contribution < -0.4 is 0 Å². The summed E-state index contributed by atoms with van der Waals surface area (Å²) in [6, 6.07) is 4.83. The standard InChI is InChI=1S/C17H20N4O3S2/c1-5-25(22)15-8-7-14(26(23,24)6-2)16(20-15)17-19-12-9-11(3)18-10-13(12)21(17)4/h7-10H,5-6H2,1-4H3. The highest BCUT2D eigenvalue weighted by Crippen LogP contribution is 2.29. The van der Waals surface area contributed by atoms with E-state index in [1.54, 1.807) is 31.7 Å². The molecule has 0 N–H and O–H groups in total. The van der Waals surface area contributed by atoms with Crippen LogP contribution in [0, 0.1) is 6.92 Å². The molecule has 3 rings (SSSR count). The van der Waals surface area contributed by atoms with E-state index in [0.29, 0.717) is 22.1 Å². The molecule has 1 atom stereocenters. The van der Waals surface area contributed by atoms with E-state index >= 15 is 0 Å². The predicted molar refractivity (Wildman–Crippen MR) is 101 cm³/mol. The van der Waals surface area contributed by atoms with Crippen LogP contribution in [-0.2, 0) is 27.7 Å². The van der Waals surface area contributed by atoms with Crippen molar-refractivity contribution in [1.29, 1.82) is 0 Å². The maximum atomic E-state index is 12.6. The molecule has 0 saturated heterocycles. The summed E-state index contributed by atoms with van der Waals surface area (Å²) in [6.45, 7) is 5.24. The highest BCUT2D eigenvalue weighted by Gasteiger charge is 2.24. The highest BCUT2D eigenvalue weighted by molar-refractivity contribution is 7.91. The molecule has 0 aliphatic rings. The van der Waals surface area contributed by atoms with Gasteiger partial charge in [-0.3, -0.25) is 9.19 Å². The average molecular weight is 393 g/mol.